The van der Waals surface area contributed by atoms with Gasteiger partial charge in [0.25, 0.3) is 0 Å². The van der Waals surface area contributed by atoms with E-state index in [0.717, 1.165) is 23.7 Å². The Hall–Kier alpha value is -1.51. The first-order valence-electron chi connectivity index (χ1n) is 8.36. The molecule has 0 saturated heterocycles. The number of anilines is 1. The molecule has 0 spiro atoms. The molecule has 3 rings (SSSR count). The summed E-state index contributed by atoms with van der Waals surface area (Å²) in [5.41, 5.74) is 7.58. The van der Waals surface area contributed by atoms with E-state index in [-0.39, 0.29) is 5.91 Å². The zero-order valence-electron chi connectivity index (χ0n) is 12.8. The van der Waals surface area contributed by atoms with Gasteiger partial charge in [0.2, 0.25) is 5.91 Å². The van der Waals surface area contributed by atoms with Gasteiger partial charge >= 0.3 is 0 Å². The molecule has 1 aromatic carbocycles. The summed E-state index contributed by atoms with van der Waals surface area (Å²) in [5, 5.41) is 0. The van der Waals surface area contributed by atoms with Crippen LogP contribution in [0.5, 0.6) is 0 Å². The van der Waals surface area contributed by atoms with E-state index in [1.807, 2.05) is 24.3 Å². The van der Waals surface area contributed by atoms with Crippen molar-refractivity contribution in [2.24, 2.45) is 5.92 Å². The smallest absolute Gasteiger partial charge is 0.227 e. The number of carbonyl (C=O) groups excluding carboxylic acids is 1. The number of nitrogens with two attached hydrogens (primary N) is 1. The van der Waals surface area contributed by atoms with Crippen molar-refractivity contribution in [3.8, 4) is 0 Å². The van der Waals surface area contributed by atoms with E-state index < -0.39 is 0 Å². The lowest BCUT2D eigenvalue weighted by atomic mass is 9.89. The van der Waals surface area contributed by atoms with Crippen LogP contribution in [0.3, 0.4) is 0 Å². The molecule has 0 bridgehead atoms. The highest BCUT2D eigenvalue weighted by molar-refractivity contribution is 5.79. The lowest BCUT2D eigenvalue weighted by molar-refractivity contribution is -0.131. The largest absolute Gasteiger partial charge is 0.399 e. The normalized spacial score (nSPS) is 19.4. The SMILES string of the molecule is Nc1cccc(CC(=O)N(CC2CCCCC2)C2CC2)c1. The van der Waals surface area contributed by atoms with Gasteiger partial charge in [-0.15, -0.1) is 0 Å². The van der Waals surface area contributed by atoms with Crippen molar-refractivity contribution >= 4 is 11.6 Å². The standard InChI is InChI=1S/C18H26N2O/c19-16-8-4-7-15(11-16)12-18(21)20(17-9-10-17)13-14-5-2-1-3-6-14/h4,7-8,11,14,17H,1-3,5-6,9-10,12-13,19H2. The summed E-state index contributed by atoms with van der Waals surface area (Å²) in [5.74, 6) is 1.01. The molecule has 3 nitrogen and oxygen atoms in total. The topological polar surface area (TPSA) is 46.3 Å². The van der Waals surface area contributed by atoms with E-state index in [2.05, 4.69) is 4.90 Å². The number of nitrogens with zero attached hydrogens (tertiary/aromatic N) is 1. The van der Waals surface area contributed by atoms with Gasteiger partial charge in [0.15, 0.2) is 0 Å². The van der Waals surface area contributed by atoms with Crippen LogP contribution < -0.4 is 5.73 Å². The molecule has 0 heterocycles. The van der Waals surface area contributed by atoms with Crippen LogP contribution >= 0.6 is 0 Å². The van der Waals surface area contributed by atoms with Gasteiger partial charge in [-0.2, -0.15) is 0 Å². The molecule has 0 atom stereocenters. The molecule has 3 heteroatoms. The van der Waals surface area contributed by atoms with E-state index in [4.69, 9.17) is 5.73 Å². The first kappa shape index (κ1) is 14.4. The Morgan fingerprint density at radius 2 is 1.90 bits per heavy atom. The van der Waals surface area contributed by atoms with Gasteiger partial charge in [-0.25, -0.2) is 0 Å². The minimum absolute atomic E-state index is 0.286. The average molecular weight is 286 g/mol. The van der Waals surface area contributed by atoms with Gasteiger partial charge in [-0.05, 0) is 49.3 Å². The Bertz CT molecular complexity index is 490. The minimum atomic E-state index is 0.286. The van der Waals surface area contributed by atoms with Gasteiger partial charge < -0.3 is 10.6 Å². The van der Waals surface area contributed by atoms with Crippen molar-refractivity contribution < 1.29 is 4.79 Å². The summed E-state index contributed by atoms with van der Waals surface area (Å²) < 4.78 is 0. The monoisotopic (exact) mass is 286 g/mol. The quantitative estimate of drug-likeness (QED) is 0.843. The maximum atomic E-state index is 12.7. The van der Waals surface area contributed by atoms with Crippen molar-refractivity contribution in [1.82, 2.24) is 4.90 Å². The minimum Gasteiger partial charge on any atom is -0.399 e. The predicted molar refractivity (Wildman–Crippen MR) is 85.9 cm³/mol. The zero-order chi connectivity index (χ0) is 14.7. The van der Waals surface area contributed by atoms with Crippen LogP contribution in [0.25, 0.3) is 0 Å². The molecule has 1 amide bonds. The molecule has 2 aliphatic carbocycles. The second-order valence-corrected chi connectivity index (χ2v) is 6.70. The third kappa shape index (κ3) is 3.99. The van der Waals surface area contributed by atoms with Gasteiger partial charge in [0.05, 0.1) is 6.42 Å². The van der Waals surface area contributed by atoms with Crippen molar-refractivity contribution in [1.29, 1.82) is 0 Å². The van der Waals surface area contributed by atoms with Crippen LogP contribution in [0.4, 0.5) is 5.69 Å². The average Bonchev–Trinajstić information content (AvgIpc) is 3.30. The van der Waals surface area contributed by atoms with Crippen LogP contribution in [0.1, 0.15) is 50.5 Å². The van der Waals surface area contributed by atoms with Crippen LogP contribution in [-0.4, -0.2) is 23.4 Å². The molecular formula is C18H26N2O. The first-order chi connectivity index (χ1) is 10.2. The van der Waals surface area contributed by atoms with E-state index >= 15 is 0 Å². The Kier molecular flexibility index (Phi) is 4.47. The molecule has 2 fully saturated rings. The lowest BCUT2D eigenvalue weighted by Crippen LogP contribution is -2.38. The van der Waals surface area contributed by atoms with Gasteiger partial charge in [-0.1, -0.05) is 31.4 Å². The van der Waals surface area contributed by atoms with E-state index in [0.29, 0.717) is 12.5 Å². The molecule has 114 valence electrons. The lowest BCUT2D eigenvalue weighted by Gasteiger charge is -2.30. The number of hydrogen-bond acceptors (Lipinski definition) is 2. The fraction of sp³-hybridized carbons (Fsp3) is 0.611. The number of nitrogen functional groups attached to an aromatic ring is 1. The summed E-state index contributed by atoms with van der Waals surface area (Å²) >= 11 is 0. The number of amides is 1. The number of carbonyl (C=O) groups is 1. The molecular weight excluding hydrogens is 260 g/mol. The third-order valence-corrected chi connectivity index (χ3v) is 4.79. The highest BCUT2D eigenvalue weighted by Gasteiger charge is 2.34. The molecule has 21 heavy (non-hydrogen) atoms. The second-order valence-electron chi connectivity index (χ2n) is 6.70. The number of hydrogen-bond donors (Lipinski definition) is 1. The Labute approximate surface area is 127 Å². The molecule has 2 saturated carbocycles. The maximum Gasteiger partial charge on any atom is 0.227 e. The van der Waals surface area contributed by atoms with Crippen molar-refractivity contribution in [2.45, 2.75) is 57.4 Å². The summed E-state index contributed by atoms with van der Waals surface area (Å²) in [7, 11) is 0. The van der Waals surface area contributed by atoms with Crippen LogP contribution in [0.2, 0.25) is 0 Å². The molecule has 0 unspecified atom stereocenters. The Morgan fingerprint density at radius 1 is 1.14 bits per heavy atom. The second kappa shape index (κ2) is 6.50. The first-order valence-corrected chi connectivity index (χ1v) is 8.36. The molecule has 2 N–H and O–H groups in total. The Balaban J connectivity index is 1.61. The van der Waals surface area contributed by atoms with Crippen molar-refractivity contribution in [2.75, 3.05) is 12.3 Å². The summed E-state index contributed by atoms with van der Waals surface area (Å²) in [6.45, 7) is 0.978. The summed E-state index contributed by atoms with van der Waals surface area (Å²) in [6, 6.07) is 8.24. The summed E-state index contributed by atoms with van der Waals surface area (Å²) in [4.78, 5) is 14.8. The molecule has 2 aliphatic rings. The van der Waals surface area contributed by atoms with Crippen molar-refractivity contribution in [3.63, 3.8) is 0 Å². The third-order valence-electron chi connectivity index (χ3n) is 4.79. The zero-order valence-corrected chi connectivity index (χ0v) is 12.8. The molecule has 0 aliphatic heterocycles. The molecule has 0 radical (unpaired) electrons. The number of rotatable bonds is 5. The fourth-order valence-corrected chi connectivity index (χ4v) is 3.47. The van der Waals surface area contributed by atoms with Gasteiger partial charge in [0, 0.05) is 18.3 Å². The van der Waals surface area contributed by atoms with Crippen LogP contribution in [-0.2, 0) is 11.2 Å². The van der Waals surface area contributed by atoms with Crippen LogP contribution in [0, 0.1) is 5.92 Å². The molecule has 1 aromatic rings. The van der Waals surface area contributed by atoms with Crippen LogP contribution in [0.15, 0.2) is 24.3 Å². The van der Waals surface area contributed by atoms with Crippen molar-refractivity contribution in [3.05, 3.63) is 29.8 Å². The Morgan fingerprint density at radius 3 is 2.57 bits per heavy atom. The fourth-order valence-electron chi connectivity index (χ4n) is 3.47. The van der Waals surface area contributed by atoms with E-state index in [1.165, 1.54) is 44.9 Å². The maximum absolute atomic E-state index is 12.7. The highest BCUT2D eigenvalue weighted by Crippen LogP contribution is 2.31. The summed E-state index contributed by atoms with van der Waals surface area (Å²) in [6.07, 6.45) is 9.53. The predicted octanol–water partition coefficient (Wildman–Crippen LogP) is 3.38. The molecule has 0 aromatic heterocycles. The van der Waals surface area contributed by atoms with E-state index in [1.54, 1.807) is 0 Å². The van der Waals surface area contributed by atoms with Gasteiger partial charge in [-0.3, -0.25) is 4.79 Å². The number of benzene rings is 1. The van der Waals surface area contributed by atoms with Gasteiger partial charge in [0.1, 0.15) is 0 Å². The highest BCUT2D eigenvalue weighted by atomic mass is 16.2. The van der Waals surface area contributed by atoms with E-state index in [9.17, 15) is 4.79 Å².